The second-order valence-electron chi connectivity index (χ2n) is 5.87. The molecular weight excluding hydrogens is 344 g/mol. The van der Waals surface area contributed by atoms with Gasteiger partial charge < -0.3 is 4.90 Å². The first-order valence-electron chi connectivity index (χ1n) is 8.12. The highest BCUT2D eigenvalue weighted by Crippen LogP contribution is 2.25. The molecule has 2 heterocycles. The average molecular weight is 364 g/mol. The van der Waals surface area contributed by atoms with Crippen LogP contribution in [0.25, 0.3) is 0 Å². The normalized spacial score (nSPS) is 15.3. The van der Waals surface area contributed by atoms with Crippen molar-refractivity contribution in [3.63, 3.8) is 0 Å². The number of sulfonamides is 1. The SMILES string of the molecule is CCN(Cc1nonc1C)S(=O)(=O)c1ccc(N2CCCC2=O)cc1. The van der Waals surface area contributed by atoms with Gasteiger partial charge in [0.1, 0.15) is 11.4 Å². The summed E-state index contributed by atoms with van der Waals surface area (Å²) in [6.07, 6.45) is 1.36. The maximum atomic E-state index is 12.9. The van der Waals surface area contributed by atoms with E-state index in [0.29, 0.717) is 30.9 Å². The van der Waals surface area contributed by atoms with Gasteiger partial charge in [-0.15, -0.1) is 0 Å². The Hall–Kier alpha value is -2.26. The number of benzene rings is 1. The van der Waals surface area contributed by atoms with Gasteiger partial charge in [-0.2, -0.15) is 4.31 Å². The number of anilines is 1. The van der Waals surface area contributed by atoms with Crippen LogP contribution in [-0.2, 0) is 21.4 Å². The van der Waals surface area contributed by atoms with E-state index >= 15 is 0 Å². The van der Waals surface area contributed by atoms with Crippen molar-refractivity contribution in [2.45, 2.75) is 38.1 Å². The minimum Gasteiger partial charge on any atom is -0.312 e. The minimum absolute atomic E-state index is 0.0693. The number of hydrogen-bond acceptors (Lipinski definition) is 6. The molecule has 3 rings (SSSR count). The van der Waals surface area contributed by atoms with Gasteiger partial charge in [0.15, 0.2) is 0 Å². The van der Waals surface area contributed by atoms with E-state index in [2.05, 4.69) is 14.9 Å². The van der Waals surface area contributed by atoms with Gasteiger partial charge in [-0.3, -0.25) is 4.79 Å². The molecule has 0 spiro atoms. The van der Waals surface area contributed by atoms with E-state index in [1.54, 1.807) is 30.9 Å². The van der Waals surface area contributed by atoms with E-state index in [4.69, 9.17) is 0 Å². The molecule has 8 nitrogen and oxygen atoms in total. The van der Waals surface area contributed by atoms with E-state index < -0.39 is 10.0 Å². The van der Waals surface area contributed by atoms with Crippen LogP contribution < -0.4 is 4.90 Å². The Labute approximate surface area is 146 Å². The van der Waals surface area contributed by atoms with Gasteiger partial charge in [0.05, 0.1) is 11.4 Å². The van der Waals surface area contributed by atoms with Gasteiger partial charge >= 0.3 is 0 Å². The zero-order valence-corrected chi connectivity index (χ0v) is 15.0. The maximum absolute atomic E-state index is 12.9. The van der Waals surface area contributed by atoms with Crippen molar-refractivity contribution in [2.24, 2.45) is 0 Å². The zero-order valence-electron chi connectivity index (χ0n) is 14.2. The molecule has 1 aliphatic rings. The first-order chi connectivity index (χ1) is 11.9. The van der Waals surface area contributed by atoms with Gasteiger partial charge in [0, 0.05) is 25.2 Å². The van der Waals surface area contributed by atoms with Crippen LogP contribution in [0.5, 0.6) is 0 Å². The molecule has 9 heteroatoms. The predicted molar refractivity (Wildman–Crippen MR) is 90.3 cm³/mol. The Balaban J connectivity index is 1.83. The van der Waals surface area contributed by atoms with Crippen LogP contribution in [0, 0.1) is 6.92 Å². The van der Waals surface area contributed by atoms with Gasteiger partial charge in [-0.1, -0.05) is 17.2 Å². The molecule has 1 saturated heterocycles. The van der Waals surface area contributed by atoms with Crippen molar-refractivity contribution in [1.29, 1.82) is 0 Å². The summed E-state index contributed by atoms with van der Waals surface area (Å²) in [6, 6.07) is 6.42. The van der Waals surface area contributed by atoms with Crippen LogP contribution in [0.4, 0.5) is 5.69 Å². The molecule has 0 radical (unpaired) electrons. The number of amides is 1. The van der Waals surface area contributed by atoms with Crippen LogP contribution >= 0.6 is 0 Å². The molecule has 0 saturated carbocycles. The average Bonchev–Trinajstić information content (AvgIpc) is 3.21. The Morgan fingerprint density at radius 3 is 2.48 bits per heavy atom. The number of aryl methyl sites for hydroxylation is 1. The lowest BCUT2D eigenvalue weighted by atomic mass is 10.3. The number of aromatic nitrogens is 2. The highest BCUT2D eigenvalue weighted by Gasteiger charge is 2.26. The van der Waals surface area contributed by atoms with E-state index in [1.165, 1.54) is 16.4 Å². The molecule has 0 N–H and O–H groups in total. The summed E-state index contributed by atoms with van der Waals surface area (Å²) in [5.74, 6) is 0.0693. The molecule has 1 amide bonds. The van der Waals surface area contributed by atoms with Gasteiger partial charge in [0.25, 0.3) is 0 Å². The number of rotatable bonds is 6. The molecule has 0 atom stereocenters. The molecule has 2 aromatic rings. The lowest BCUT2D eigenvalue weighted by Gasteiger charge is -2.20. The van der Waals surface area contributed by atoms with Crippen LogP contribution in [0.3, 0.4) is 0 Å². The summed E-state index contributed by atoms with van der Waals surface area (Å²) < 4.78 is 31.7. The van der Waals surface area contributed by atoms with E-state index in [1.807, 2.05) is 0 Å². The lowest BCUT2D eigenvalue weighted by Crippen LogP contribution is -2.31. The fourth-order valence-electron chi connectivity index (χ4n) is 2.80. The highest BCUT2D eigenvalue weighted by atomic mass is 32.2. The summed E-state index contributed by atoms with van der Waals surface area (Å²) in [5, 5.41) is 7.43. The van der Waals surface area contributed by atoms with Crippen LogP contribution in [0.2, 0.25) is 0 Å². The first-order valence-corrected chi connectivity index (χ1v) is 9.56. The van der Waals surface area contributed by atoms with Crippen LogP contribution in [-0.4, -0.2) is 42.0 Å². The molecule has 0 unspecified atom stereocenters. The Bertz CT molecular complexity index is 861. The monoisotopic (exact) mass is 364 g/mol. The molecule has 0 aliphatic carbocycles. The van der Waals surface area contributed by atoms with Crippen molar-refractivity contribution in [3.8, 4) is 0 Å². The standard InChI is InChI=1S/C16H20N4O4S/c1-3-19(11-15-12(2)17-24-18-15)25(22,23)14-8-6-13(7-9-14)20-10-4-5-16(20)21/h6-9H,3-5,10-11H2,1-2H3. The van der Waals surface area contributed by atoms with Crippen molar-refractivity contribution in [2.75, 3.05) is 18.0 Å². The summed E-state index contributed by atoms with van der Waals surface area (Å²) in [4.78, 5) is 13.7. The highest BCUT2D eigenvalue weighted by molar-refractivity contribution is 7.89. The third-order valence-corrected chi connectivity index (χ3v) is 6.22. The van der Waals surface area contributed by atoms with E-state index in [-0.39, 0.29) is 17.3 Å². The molecule has 0 bridgehead atoms. The topological polar surface area (TPSA) is 96.6 Å². The molecule has 25 heavy (non-hydrogen) atoms. The Morgan fingerprint density at radius 1 is 1.24 bits per heavy atom. The van der Waals surface area contributed by atoms with E-state index in [0.717, 1.165) is 12.1 Å². The lowest BCUT2D eigenvalue weighted by molar-refractivity contribution is -0.117. The number of carbonyl (C=O) groups excluding carboxylic acids is 1. The quantitative estimate of drug-likeness (QED) is 0.774. The van der Waals surface area contributed by atoms with Crippen molar-refractivity contribution >= 4 is 21.6 Å². The smallest absolute Gasteiger partial charge is 0.243 e. The Morgan fingerprint density at radius 2 is 1.96 bits per heavy atom. The molecule has 1 aromatic heterocycles. The summed E-state index contributed by atoms with van der Waals surface area (Å²) in [7, 11) is -3.68. The van der Waals surface area contributed by atoms with Gasteiger partial charge in [-0.05, 0) is 37.6 Å². The molecule has 134 valence electrons. The van der Waals surface area contributed by atoms with Crippen LogP contribution in [0.15, 0.2) is 33.8 Å². The largest absolute Gasteiger partial charge is 0.312 e. The zero-order chi connectivity index (χ0) is 18.0. The number of hydrogen-bond donors (Lipinski definition) is 0. The van der Waals surface area contributed by atoms with E-state index in [9.17, 15) is 13.2 Å². The second-order valence-corrected chi connectivity index (χ2v) is 7.81. The number of nitrogens with zero attached hydrogens (tertiary/aromatic N) is 4. The molecule has 1 fully saturated rings. The maximum Gasteiger partial charge on any atom is 0.243 e. The molecular formula is C16H20N4O4S. The number of carbonyl (C=O) groups is 1. The second kappa shape index (κ2) is 6.93. The minimum atomic E-state index is -3.68. The fourth-order valence-corrected chi connectivity index (χ4v) is 4.21. The van der Waals surface area contributed by atoms with Gasteiger partial charge in [0.2, 0.25) is 15.9 Å². The van der Waals surface area contributed by atoms with Crippen molar-refractivity contribution in [1.82, 2.24) is 14.6 Å². The fraction of sp³-hybridized carbons (Fsp3) is 0.438. The Kier molecular flexibility index (Phi) is 4.87. The summed E-state index contributed by atoms with van der Waals surface area (Å²) >= 11 is 0. The van der Waals surface area contributed by atoms with Crippen molar-refractivity contribution < 1.29 is 17.8 Å². The van der Waals surface area contributed by atoms with Crippen molar-refractivity contribution in [3.05, 3.63) is 35.7 Å². The predicted octanol–water partition coefficient (Wildman–Crippen LogP) is 1.72. The summed E-state index contributed by atoms with van der Waals surface area (Å²) in [5.41, 5.74) is 1.78. The molecule has 1 aliphatic heterocycles. The third-order valence-electron chi connectivity index (χ3n) is 4.28. The third kappa shape index (κ3) is 3.42. The first kappa shape index (κ1) is 17.6. The van der Waals surface area contributed by atoms with Crippen LogP contribution in [0.1, 0.15) is 31.2 Å². The molecule has 1 aromatic carbocycles. The van der Waals surface area contributed by atoms with Gasteiger partial charge in [-0.25, -0.2) is 13.0 Å². The summed E-state index contributed by atoms with van der Waals surface area (Å²) in [6.45, 7) is 4.54.